The Morgan fingerprint density at radius 3 is 2.04 bits per heavy atom. The Balaban J connectivity index is 0.00000400. The Kier molecular flexibility index (Phi) is 15.2. The minimum absolute atomic E-state index is 0. The minimum Gasteiger partial charge on any atom is -0.494 e. The lowest BCUT2D eigenvalue weighted by Crippen LogP contribution is -2.59. The molecule has 0 bridgehead atoms. The number of benzene rings is 2. The van der Waals surface area contributed by atoms with Crippen LogP contribution in [0.4, 0.5) is 30.7 Å². The number of amides is 1. The zero-order chi connectivity index (χ0) is 33.7. The van der Waals surface area contributed by atoms with Crippen LogP contribution in [0.3, 0.4) is 0 Å². The molecule has 0 unspecified atom stereocenters. The molecule has 2 saturated heterocycles. The van der Waals surface area contributed by atoms with Crippen LogP contribution in [0.1, 0.15) is 27.0 Å². The van der Waals surface area contributed by atoms with Gasteiger partial charge in [-0.15, -0.1) is 24.8 Å². The van der Waals surface area contributed by atoms with E-state index in [1.807, 2.05) is 0 Å². The molecular weight excluding hydrogens is 698 g/mol. The van der Waals surface area contributed by atoms with E-state index in [1.54, 1.807) is 14.2 Å². The van der Waals surface area contributed by atoms with Crippen LogP contribution >= 0.6 is 24.8 Å². The number of hydrogen-bond acceptors (Lipinski definition) is 7. The lowest BCUT2D eigenvalue weighted by atomic mass is 9.98. The van der Waals surface area contributed by atoms with E-state index in [-0.39, 0.29) is 56.1 Å². The van der Waals surface area contributed by atoms with Crippen LogP contribution in [0.2, 0.25) is 0 Å². The second-order valence-corrected chi connectivity index (χ2v) is 11.6. The number of methoxy groups -OCH3 is 3. The molecule has 17 heteroatoms. The number of rotatable bonds is 11. The molecule has 0 N–H and O–H groups in total. The number of piperazine rings is 1. The monoisotopic (exact) mass is 737 g/mol. The lowest BCUT2D eigenvalue weighted by Gasteiger charge is -2.44. The summed E-state index contributed by atoms with van der Waals surface area (Å²) in [5.41, 5.74) is -3.88. The van der Waals surface area contributed by atoms with Crippen molar-refractivity contribution in [2.24, 2.45) is 0 Å². The predicted molar refractivity (Wildman–Crippen MR) is 168 cm³/mol. The van der Waals surface area contributed by atoms with Crippen molar-refractivity contribution in [1.82, 2.24) is 14.7 Å². The Labute approximate surface area is 287 Å². The number of alkyl halides is 6. The van der Waals surface area contributed by atoms with Gasteiger partial charge in [0.05, 0.1) is 38.1 Å². The zero-order valence-electron chi connectivity index (χ0n) is 26.7. The first-order chi connectivity index (χ1) is 21.7. The molecule has 0 saturated carbocycles. The highest BCUT2D eigenvalue weighted by Gasteiger charge is 2.40. The van der Waals surface area contributed by atoms with Gasteiger partial charge in [-0.1, -0.05) is 6.07 Å². The standard InChI is InChI=1S/C31H38F7N3O5.2ClH/c1-43-19-29(20-44-2)18-40(10-11-46-29)7-6-39-8-9-41(25(17-39)12-21-4-5-26(32)27(13-21)45-3)28(42)22-14-23(30(33,34)35)16-24(15-22)31(36,37)38;;/h4-5,13-16,25H,6-12,17-20H2,1-3H3;2*1H/t25-;;/m1../s1. The number of hydrogen-bond donors (Lipinski definition) is 0. The van der Waals surface area contributed by atoms with Crippen LogP contribution in [0.5, 0.6) is 5.75 Å². The number of carbonyl (C=O) groups excluding carboxylic acids is 1. The van der Waals surface area contributed by atoms with Crippen LogP contribution in [-0.4, -0.2) is 119 Å². The zero-order valence-corrected chi connectivity index (χ0v) is 28.3. The third-order valence-electron chi connectivity index (χ3n) is 8.22. The van der Waals surface area contributed by atoms with Crippen LogP contribution < -0.4 is 4.74 Å². The molecule has 2 fully saturated rings. The van der Waals surface area contributed by atoms with Crippen molar-refractivity contribution < 1.29 is 54.5 Å². The quantitative estimate of drug-likeness (QED) is 0.285. The van der Waals surface area contributed by atoms with Gasteiger partial charge in [-0.05, 0) is 42.3 Å². The highest BCUT2D eigenvalue weighted by atomic mass is 35.5. The second-order valence-electron chi connectivity index (χ2n) is 11.6. The fraction of sp³-hybridized carbons (Fsp3) is 0.581. The summed E-state index contributed by atoms with van der Waals surface area (Å²) in [5, 5.41) is 0. The van der Waals surface area contributed by atoms with Crippen molar-refractivity contribution in [3.05, 3.63) is 64.5 Å². The number of nitrogens with zero attached hydrogens (tertiary/aromatic N) is 3. The molecule has 1 atom stereocenters. The molecule has 48 heavy (non-hydrogen) atoms. The van der Waals surface area contributed by atoms with E-state index < -0.39 is 52.4 Å². The van der Waals surface area contributed by atoms with E-state index in [0.29, 0.717) is 70.2 Å². The van der Waals surface area contributed by atoms with Crippen LogP contribution in [0.15, 0.2) is 36.4 Å². The van der Waals surface area contributed by atoms with Crippen molar-refractivity contribution in [1.29, 1.82) is 0 Å². The Hall–Kier alpha value is -2.40. The first-order valence-corrected chi connectivity index (χ1v) is 14.7. The molecule has 2 aromatic rings. The van der Waals surface area contributed by atoms with Gasteiger partial charge >= 0.3 is 12.4 Å². The molecule has 1 amide bonds. The Morgan fingerprint density at radius 1 is 0.875 bits per heavy atom. The smallest absolute Gasteiger partial charge is 0.416 e. The van der Waals surface area contributed by atoms with E-state index in [2.05, 4.69) is 9.80 Å². The van der Waals surface area contributed by atoms with Gasteiger partial charge in [-0.25, -0.2) is 4.39 Å². The maximum atomic E-state index is 14.1. The van der Waals surface area contributed by atoms with Gasteiger partial charge < -0.3 is 23.8 Å². The first kappa shape index (κ1) is 41.8. The maximum Gasteiger partial charge on any atom is 0.416 e. The number of ether oxygens (including phenoxy) is 4. The largest absolute Gasteiger partial charge is 0.494 e. The van der Waals surface area contributed by atoms with Gasteiger partial charge in [-0.3, -0.25) is 14.6 Å². The fourth-order valence-electron chi connectivity index (χ4n) is 6.05. The molecule has 0 radical (unpaired) electrons. The maximum absolute atomic E-state index is 14.1. The lowest BCUT2D eigenvalue weighted by molar-refractivity contribution is -0.164. The molecule has 0 aromatic heterocycles. The van der Waals surface area contributed by atoms with E-state index in [1.165, 1.54) is 30.2 Å². The summed E-state index contributed by atoms with van der Waals surface area (Å²) in [6, 6.07) is 4.42. The van der Waals surface area contributed by atoms with Gasteiger partial charge in [0.25, 0.3) is 5.91 Å². The summed E-state index contributed by atoms with van der Waals surface area (Å²) in [4.78, 5) is 19.3. The first-order valence-electron chi connectivity index (χ1n) is 14.7. The summed E-state index contributed by atoms with van der Waals surface area (Å²) >= 11 is 0. The number of carbonyl (C=O) groups is 1. The van der Waals surface area contributed by atoms with Crippen LogP contribution in [0.25, 0.3) is 0 Å². The van der Waals surface area contributed by atoms with Crippen molar-refractivity contribution in [2.75, 3.05) is 87.0 Å². The topological polar surface area (TPSA) is 63.7 Å². The van der Waals surface area contributed by atoms with Crippen LogP contribution in [0, 0.1) is 5.82 Å². The molecule has 272 valence electrons. The molecule has 2 aromatic carbocycles. The summed E-state index contributed by atoms with van der Waals surface area (Å²) in [7, 11) is 4.47. The van der Waals surface area contributed by atoms with E-state index >= 15 is 0 Å². The van der Waals surface area contributed by atoms with Crippen molar-refractivity contribution in [3.63, 3.8) is 0 Å². The second kappa shape index (κ2) is 17.5. The van der Waals surface area contributed by atoms with Gasteiger partial charge in [0.2, 0.25) is 0 Å². The molecular formula is C31H40Cl2F7N3O5. The highest BCUT2D eigenvalue weighted by Crippen LogP contribution is 2.37. The number of morpholine rings is 1. The van der Waals surface area contributed by atoms with Crippen LogP contribution in [-0.2, 0) is 33.0 Å². The minimum atomic E-state index is -5.09. The third-order valence-corrected chi connectivity index (χ3v) is 8.22. The fourth-order valence-corrected chi connectivity index (χ4v) is 6.05. The predicted octanol–water partition coefficient (Wildman–Crippen LogP) is 5.45. The van der Waals surface area contributed by atoms with E-state index in [9.17, 15) is 35.5 Å². The van der Waals surface area contributed by atoms with Gasteiger partial charge in [0.15, 0.2) is 11.6 Å². The molecule has 8 nitrogen and oxygen atoms in total. The third kappa shape index (κ3) is 10.6. The van der Waals surface area contributed by atoms with Crippen molar-refractivity contribution in [3.8, 4) is 5.75 Å². The summed E-state index contributed by atoms with van der Waals surface area (Å²) in [6.07, 6.45) is -10.0. The molecule has 2 aliphatic heterocycles. The average Bonchev–Trinajstić information content (AvgIpc) is 3.00. The van der Waals surface area contributed by atoms with Crippen molar-refractivity contribution in [2.45, 2.75) is 30.4 Å². The number of halogens is 9. The van der Waals surface area contributed by atoms with Gasteiger partial charge in [0.1, 0.15) is 5.60 Å². The summed E-state index contributed by atoms with van der Waals surface area (Å²) in [6.45, 7) is 4.26. The molecule has 2 aliphatic rings. The average molecular weight is 739 g/mol. The van der Waals surface area contributed by atoms with Gasteiger partial charge in [-0.2, -0.15) is 26.3 Å². The molecule has 0 aliphatic carbocycles. The summed E-state index contributed by atoms with van der Waals surface area (Å²) < 4.78 is 117. The van der Waals surface area contributed by atoms with E-state index in [4.69, 9.17) is 18.9 Å². The Morgan fingerprint density at radius 2 is 1.48 bits per heavy atom. The SMILES string of the molecule is COCC1(COC)CN(CCN2CCN(C(=O)c3cc(C(F)(F)F)cc(C(F)(F)F)c3)[C@H](Cc3ccc(F)c(OC)c3)C2)CCO1.Cl.Cl. The Bertz CT molecular complexity index is 1310. The molecule has 0 spiro atoms. The highest BCUT2D eigenvalue weighted by molar-refractivity contribution is 5.95. The normalized spacial score (nSPS) is 19.0. The van der Waals surface area contributed by atoms with Crippen molar-refractivity contribution >= 4 is 30.7 Å². The summed E-state index contributed by atoms with van der Waals surface area (Å²) in [5.74, 6) is -1.58. The van der Waals surface area contributed by atoms with E-state index in [0.717, 1.165) is 0 Å². The molecule has 4 rings (SSSR count). The van der Waals surface area contributed by atoms with Gasteiger partial charge in [0, 0.05) is 71.6 Å². The molecule has 2 heterocycles.